The van der Waals surface area contributed by atoms with Gasteiger partial charge in [0.05, 0.1) is 24.2 Å². The number of hydrogen-bond donors (Lipinski definition) is 3. The second kappa shape index (κ2) is 5.55. The van der Waals surface area contributed by atoms with Crippen molar-refractivity contribution in [1.29, 1.82) is 0 Å². The van der Waals surface area contributed by atoms with Crippen LogP contribution in [0, 0.1) is 0 Å². The van der Waals surface area contributed by atoms with Crippen molar-refractivity contribution in [3.05, 3.63) is 42.0 Å². The molecule has 3 aromatic rings. The molecule has 26 heavy (non-hydrogen) atoms. The molecule has 2 aliphatic rings. The molecule has 132 valence electrons. The van der Waals surface area contributed by atoms with Crippen molar-refractivity contribution in [2.75, 3.05) is 18.5 Å². The van der Waals surface area contributed by atoms with E-state index < -0.39 is 0 Å². The largest absolute Gasteiger partial charge is 0.508 e. The van der Waals surface area contributed by atoms with Gasteiger partial charge in [-0.1, -0.05) is 12.1 Å². The number of hydrogen-bond acceptors (Lipinski definition) is 7. The molecule has 4 N–H and O–H groups in total. The van der Waals surface area contributed by atoms with Crippen LogP contribution in [0.5, 0.6) is 17.2 Å². The number of rotatable bonds is 1. The van der Waals surface area contributed by atoms with E-state index in [0.29, 0.717) is 36.6 Å². The van der Waals surface area contributed by atoms with E-state index in [0.717, 1.165) is 23.0 Å². The number of aromatic nitrogens is 2. The number of imidazole rings is 1. The van der Waals surface area contributed by atoms with E-state index in [1.807, 2.05) is 28.8 Å². The molecule has 0 saturated carbocycles. The summed E-state index contributed by atoms with van der Waals surface area (Å²) < 4.78 is 13.5. The topological polar surface area (TPSA) is 107 Å². The SMILES string of the molecule is NC1=N[C@@H](c2ccc(O)cc2)n2c(nc3cc4c(cc32)OCCCO4)N1. The fourth-order valence-corrected chi connectivity index (χ4v) is 3.29. The van der Waals surface area contributed by atoms with E-state index in [-0.39, 0.29) is 11.9 Å². The molecule has 2 aliphatic heterocycles. The zero-order valence-electron chi connectivity index (χ0n) is 13.8. The first kappa shape index (κ1) is 14.9. The number of fused-ring (bicyclic) bond motifs is 4. The van der Waals surface area contributed by atoms with Gasteiger partial charge >= 0.3 is 0 Å². The number of benzene rings is 2. The van der Waals surface area contributed by atoms with Gasteiger partial charge in [0.25, 0.3) is 0 Å². The van der Waals surface area contributed by atoms with Crippen molar-refractivity contribution in [2.45, 2.75) is 12.6 Å². The molecule has 0 bridgehead atoms. The van der Waals surface area contributed by atoms with Gasteiger partial charge in [-0.05, 0) is 17.7 Å². The van der Waals surface area contributed by atoms with E-state index >= 15 is 0 Å². The van der Waals surface area contributed by atoms with E-state index in [9.17, 15) is 5.11 Å². The molecule has 0 saturated heterocycles. The minimum absolute atomic E-state index is 0.200. The zero-order chi connectivity index (χ0) is 17.7. The summed E-state index contributed by atoms with van der Waals surface area (Å²) in [6.07, 6.45) is 0.456. The number of phenolic OH excluding ortho intramolecular Hbond substituents is 1. The van der Waals surface area contributed by atoms with Gasteiger partial charge in [-0.15, -0.1) is 0 Å². The summed E-state index contributed by atoms with van der Waals surface area (Å²) in [6, 6.07) is 10.7. The van der Waals surface area contributed by atoms with Crippen LogP contribution in [0.1, 0.15) is 18.2 Å². The van der Waals surface area contributed by atoms with Crippen LogP contribution in [0.25, 0.3) is 11.0 Å². The van der Waals surface area contributed by atoms with Crippen LogP contribution >= 0.6 is 0 Å². The van der Waals surface area contributed by atoms with E-state index in [2.05, 4.69) is 15.3 Å². The summed E-state index contributed by atoms with van der Waals surface area (Å²) in [6.45, 7) is 1.24. The number of ether oxygens (including phenoxy) is 2. The molecular formula is C18H17N5O3. The number of aromatic hydroxyl groups is 1. The van der Waals surface area contributed by atoms with Crippen LogP contribution in [0.2, 0.25) is 0 Å². The highest BCUT2D eigenvalue weighted by Crippen LogP contribution is 2.39. The van der Waals surface area contributed by atoms with Gasteiger partial charge in [-0.25, -0.2) is 9.98 Å². The van der Waals surface area contributed by atoms with E-state index in [4.69, 9.17) is 15.2 Å². The lowest BCUT2D eigenvalue weighted by atomic mass is 10.1. The highest BCUT2D eigenvalue weighted by atomic mass is 16.5. The Morgan fingerprint density at radius 3 is 2.62 bits per heavy atom. The predicted octanol–water partition coefficient (Wildman–Crippen LogP) is 2.19. The molecule has 5 rings (SSSR count). The van der Waals surface area contributed by atoms with Crippen molar-refractivity contribution in [1.82, 2.24) is 9.55 Å². The molecule has 8 nitrogen and oxygen atoms in total. The van der Waals surface area contributed by atoms with Gasteiger partial charge in [0.15, 0.2) is 23.6 Å². The molecule has 0 fully saturated rings. The third-order valence-electron chi connectivity index (χ3n) is 4.50. The van der Waals surface area contributed by atoms with Crippen LogP contribution in [-0.2, 0) is 0 Å². The molecular weight excluding hydrogens is 334 g/mol. The smallest absolute Gasteiger partial charge is 0.212 e. The fourth-order valence-electron chi connectivity index (χ4n) is 3.29. The van der Waals surface area contributed by atoms with Gasteiger partial charge < -0.3 is 20.3 Å². The van der Waals surface area contributed by atoms with Crippen LogP contribution in [0.15, 0.2) is 41.4 Å². The van der Waals surface area contributed by atoms with Gasteiger partial charge in [-0.2, -0.15) is 0 Å². The standard InChI is InChI=1S/C18H17N5O3/c19-17-21-16(10-2-4-11(24)5-3-10)23-13-9-15-14(25-6-1-7-26-15)8-12(13)20-18(23)22-17/h2-5,8-9,16,24H,1,6-7H2,(H3,19,20,21,22)/t16-/m1/s1. The predicted molar refractivity (Wildman–Crippen MR) is 96.8 cm³/mol. The van der Waals surface area contributed by atoms with E-state index in [1.54, 1.807) is 12.1 Å². The number of nitrogens with one attached hydrogen (secondary N) is 1. The molecule has 0 spiro atoms. The lowest BCUT2D eigenvalue weighted by Gasteiger charge is -2.24. The Morgan fingerprint density at radius 1 is 1.12 bits per heavy atom. The number of guanidine groups is 1. The Bertz CT molecular complexity index is 1030. The fraction of sp³-hybridized carbons (Fsp3) is 0.222. The second-order valence-corrected chi connectivity index (χ2v) is 6.25. The Balaban J connectivity index is 1.70. The second-order valence-electron chi connectivity index (χ2n) is 6.25. The van der Waals surface area contributed by atoms with Gasteiger partial charge in [0.1, 0.15) is 5.75 Å². The minimum atomic E-state index is -0.387. The monoisotopic (exact) mass is 351 g/mol. The summed E-state index contributed by atoms with van der Waals surface area (Å²) >= 11 is 0. The number of anilines is 1. The van der Waals surface area contributed by atoms with E-state index in [1.165, 1.54) is 0 Å². The van der Waals surface area contributed by atoms with Gasteiger partial charge in [-0.3, -0.25) is 9.88 Å². The summed E-state index contributed by atoms with van der Waals surface area (Å²) in [5.41, 5.74) is 8.48. The quantitative estimate of drug-likeness (QED) is 0.620. The maximum absolute atomic E-state index is 9.57. The normalized spacial score (nSPS) is 18.6. The third-order valence-corrected chi connectivity index (χ3v) is 4.50. The molecule has 1 aromatic heterocycles. The van der Waals surface area contributed by atoms with Crippen molar-refractivity contribution in [2.24, 2.45) is 10.7 Å². The van der Waals surface area contributed by atoms with Gasteiger partial charge in [0, 0.05) is 18.6 Å². The number of nitrogens with two attached hydrogens (primary N) is 1. The molecule has 2 aromatic carbocycles. The summed E-state index contributed by atoms with van der Waals surface area (Å²) in [5.74, 6) is 2.49. The summed E-state index contributed by atoms with van der Waals surface area (Å²) in [5, 5.41) is 12.6. The Morgan fingerprint density at radius 2 is 1.85 bits per heavy atom. The van der Waals surface area contributed by atoms with Crippen molar-refractivity contribution < 1.29 is 14.6 Å². The lowest BCUT2D eigenvalue weighted by molar-refractivity contribution is 0.297. The highest BCUT2D eigenvalue weighted by Gasteiger charge is 2.26. The first-order chi connectivity index (χ1) is 12.7. The first-order valence-electron chi connectivity index (χ1n) is 8.40. The molecule has 0 unspecified atom stereocenters. The van der Waals surface area contributed by atoms with Crippen LogP contribution in [-0.4, -0.2) is 33.8 Å². The number of aliphatic imine (C=N–C) groups is 1. The number of nitrogens with zero attached hydrogens (tertiary/aromatic N) is 3. The van der Waals surface area contributed by atoms with Crippen molar-refractivity contribution in [3.8, 4) is 17.2 Å². The molecule has 1 atom stereocenters. The molecule has 8 heteroatoms. The minimum Gasteiger partial charge on any atom is -0.508 e. The average Bonchev–Trinajstić information content (AvgIpc) is 2.81. The Kier molecular flexibility index (Phi) is 3.18. The number of phenols is 1. The third kappa shape index (κ3) is 2.30. The van der Waals surface area contributed by atoms with Crippen molar-refractivity contribution >= 4 is 22.9 Å². The summed E-state index contributed by atoms with van der Waals surface area (Å²) in [7, 11) is 0. The zero-order valence-corrected chi connectivity index (χ0v) is 13.8. The maximum Gasteiger partial charge on any atom is 0.212 e. The van der Waals surface area contributed by atoms with Gasteiger partial charge in [0.2, 0.25) is 5.95 Å². The molecule has 0 aliphatic carbocycles. The lowest BCUT2D eigenvalue weighted by Crippen LogP contribution is -2.31. The summed E-state index contributed by atoms with van der Waals surface area (Å²) in [4.78, 5) is 9.17. The first-order valence-corrected chi connectivity index (χ1v) is 8.40. The van der Waals surface area contributed by atoms with Crippen molar-refractivity contribution in [3.63, 3.8) is 0 Å². The molecule has 0 radical (unpaired) electrons. The van der Waals surface area contributed by atoms with Crippen LogP contribution < -0.4 is 20.5 Å². The Labute approximate surface area is 148 Å². The molecule has 3 heterocycles. The van der Waals surface area contributed by atoms with Crippen LogP contribution in [0.3, 0.4) is 0 Å². The maximum atomic E-state index is 9.57. The molecule has 0 amide bonds. The van der Waals surface area contributed by atoms with Crippen LogP contribution in [0.4, 0.5) is 5.95 Å². The Hall–Kier alpha value is -3.42. The highest BCUT2D eigenvalue weighted by molar-refractivity contribution is 5.95. The average molecular weight is 351 g/mol.